The summed E-state index contributed by atoms with van der Waals surface area (Å²) in [5.41, 5.74) is 0. The highest BCUT2D eigenvalue weighted by Gasteiger charge is 2.19. The Kier molecular flexibility index (Phi) is 5.79. The molecule has 0 bridgehead atoms. The number of hydrogen-bond donors (Lipinski definition) is 2. The predicted molar refractivity (Wildman–Crippen MR) is 83.2 cm³/mol. The van der Waals surface area contributed by atoms with Crippen LogP contribution in [0.5, 0.6) is 5.75 Å². The Morgan fingerprint density at radius 2 is 1.86 bits per heavy atom. The van der Waals surface area contributed by atoms with Gasteiger partial charge in [0.05, 0.1) is 18.0 Å². The van der Waals surface area contributed by atoms with Crippen molar-refractivity contribution in [2.75, 3.05) is 13.2 Å². The van der Waals surface area contributed by atoms with Crippen molar-refractivity contribution < 1.29 is 17.9 Å². The van der Waals surface area contributed by atoms with E-state index in [2.05, 4.69) is 10.0 Å². The number of amides is 1. The summed E-state index contributed by atoms with van der Waals surface area (Å²) in [5.74, 6) is 0.321. The van der Waals surface area contributed by atoms with Crippen molar-refractivity contribution in [2.45, 2.75) is 43.5 Å². The fourth-order valence-electron chi connectivity index (χ4n) is 2.47. The molecule has 1 aliphatic rings. The summed E-state index contributed by atoms with van der Waals surface area (Å²) < 4.78 is 31.8. The summed E-state index contributed by atoms with van der Waals surface area (Å²) in [4.78, 5) is 11.9. The number of carbonyl (C=O) groups is 1. The summed E-state index contributed by atoms with van der Waals surface area (Å²) in [7, 11) is -3.69. The number of sulfonamides is 1. The van der Waals surface area contributed by atoms with E-state index in [4.69, 9.17) is 4.74 Å². The molecule has 1 fully saturated rings. The van der Waals surface area contributed by atoms with E-state index in [1.165, 1.54) is 12.1 Å². The predicted octanol–water partition coefficient (Wildman–Crippen LogP) is 1.42. The van der Waals surface area contributed by atoms with Crippen molar-refractivity contribution >= 4 is 15.9 Å². The van der Waals surface area contributed by atoms with E-state index >= 15 is 0 Å². The lowest BCUT2D eigenvalue weighted by atomic mass is 10.2. The van der Waals surface area contributed by atoms with E-state index in [9.17, 15) is 13.2 Å². The van der Waals surface area contributed by atoms with Crippen molar-refractivity contribution in [2.24, 2.45) is 0 Å². The molecule has 1 amide bonds. The van der Waals surface area contributed by atoms with Crippen molar-refractivity contribution in [3.63, 3.8) is 0 Å². The van der Waals surface area contributed by atoms with Crippen molar-refractivity contribution in [3.8, 4) is 5.75 Å². The molecule has 22 heavy (non-hydrogen) atoms. The first-order valence-electron chi connectivity index (χ1n) is 7.53. The van der Waals surface area contributed by atoms with Gasteiger partial charge in [-0.2, -0.15) is 0 Å². The SMILES string of the molecule is CCOc1ccc(S(=O)(=O)NCC(=O)NC2CCCC2)cc1. The molecule has 2 rings (SSSR count). The number of carbonyl (C=O) groups excluding carboxylic acids is 1. The zero-order valence-corrected chi connectivity index (χ0v) is 13.5. The molecule has 1 saturated carbocycles. The van der Waals surface area contributed by atoms with Crippen LogP contribution in [-0.4, -0.2) is 33.5 Å². The summed E-state index contributed by atoms with van der Waals surface area (Å²) in [6, 6.07) is 6.29. The van der Waals surface area contributed by atoms with Gasteiger partial charge in [-0.05, 0) is 44.0 Å². The lowest BCUT2D eigenvalue weighted by Crippen LogP contribution is -2.40. The Labute approximate surface area is 131 Å². The van der Waals surface area contributed by atoms with Gasteiger partial charge in [-0.1, -0.05) is 12.8 Å². The smallest absolute Gasteiger partial charge is 0.241 e. The molecular formula is C15H22N2O4S. The zero-order chi connectivity index (χ0) is 16.0. The highest BCUT2D eigenvalue weighted by Crippen LogP contribution is 2.17. The summed E-state index contributed by atoms with van der Waals surface area (Å²) in [6.07, 6.45) is 4.17. The molecule has 1 aromatic rings. The fourth-order valence-corrected chi connectivity index (χ4v) is 3.46. The molecule has 0 heterocycles. The van der Waals surface area contributed by atoms with Gasteiger partial charge in [0.1, 0.15) is 5.75 Å². The third-order valence-corrected chi connectivity index (χ3v) is 5.01. The maximum atomic E-state index is 12.1. The highest BCUT2D eigenvalue weighted by molar-refractivity contribution is 7.89. The monoisotopic (exact) mass is 326 g/mol. The van der Waals surface area contributed by atoms with Gasteiger partial charge in [-0.15, -0.1) is 0 Å². The van der Waals surface area contributed by atoms with Gasteiger partial charge in [0.2, 0.25) is 15.9 Å². The molecule has 122 valence electrons. The minimum Gasteiger partial charge on any atom is -0.494 e. The topological polar surface area (TPSA) is 84.5 Å². The van der Waals surface area contributed by atoms with Gasteiger partial charge in [-0.3, -0.25) is 4.79 Å². The van der Waals surface area contributed by atoms with E-state index in [0.29, 0.717) is 12.4 Å². The Morgan fingerprint density at radius 3 is 2.45 bits per heavy atom. The Morgan fingerprint density at radius 1 is 1.23 bits per heavy atom. The van der Waals surface area contributed by atoms with E-state index in [0.717, 1.165) is 25.7 Å². The third-order valence-electron chi connectivity index (χ3n) is 3.59. The van der Waals surface area contributed by atoms with Crippen LogP contribution in [0.4, 0.5) is 0 Å². The highest BCUT2D eigenvalue weighted by atomic mass is 32.2. The minimum absolute atomic E-state index is 0.115. The third kappa shape index (κ3) is 4.71. The van der Waals surface area contributed by atoms with E-state index in [1.807, 2.05) is 6.92 Å². The molecular weight excluding hydrogens is 304 g/mol. The molecule has 0 saturated heterocycles. The van der Waals surface area contributed by atoms with Gasteiger partial charge in [0, 0.05) is 6.04 Å². The average molecular weight is 326 g/mol. The number of hydrogen-bond acceptors (Lipinski definition) is 4. The van der Waals surface area contributed by atoms with Crippen LogP contribution in [-0.2, 0) is 14.8 Å². The normalized spacial score (nSPS) is 15.7. The van der Waals surface area contributed by atoms with E-state index in [1.54, 1.807) is 12.1 Å². The molecule has 1 aromatic carbocycles. The maximum absolute atomic E-state index is 12.1. The number of ether oxygens (including phenoxy) is 1. The fraction of sp³-hybridized carbons (Fsp3) is 0.533. The van der Waals surface area contributed by atoms with Crippen molar-refractivity contribution in [1.29, 1.82) is 0 Å². The van der Waals surface area contributed by atoms with Gasteiger partial charge < -0.3 is 10.1 Å². The average Bonchev–Trinajstić information content (AvgIpc) is 2.99. The summed E-state index contributed by atoms with van der Waals surface area (Å²) in [6.45, 7) is 2.13. The van der Waals surface area contributed by atoms with Gasteiger partial charge >= 0.3 is 0 Å². The molecule has 0 spiro atoms. The first-order valence-corrected chi connectivity index (χ1v) is 9.01. The first-order chi connectivity index (χ1) is 10.5. The number of rotatable bonds is 7. The largest absolute Gasteiger partial charge is 0.494 e. The van der Waals surface area contributed by atoms with Crippen LogP contribution in [0.25, 0.3) is 0 Å². The Balaban J connectivity index is 1.88. The van der Waals surface area contributed by atoms with E-state index in [-0.39, 0.29) is 23.4 Å². The molecule has 0 unspecified atom stereocenters. The van der Waals surface area contributed by atoms with Crippen LogP contribution in [0.15, 0.2) is 29.2 Å². The number of nitrogens with one attached hydrogen (secondary N) is 2. The molecule has 1 aliphatic carbocycles. The van der Waals surface area contributed by atoms with Crippen molar-refractivity contribution in [3.05, 3.63) is 24.3 Å². The minimum atomic E-state index is -3.69. The van der Waals surface area contributed by atoms with Crippen LogP contribution >= 0.6 is 0 Å². The van der Waals surface area contributed by atoms with Crippen molar-refractivity contribution in [1.82, 2.24) is 10.0 Å². The summed E-state index contributed by atoms with van der Waals surface area (Å²) in [5, 5.41) is 2.84. The second-order valence-electron chi connectivity index (χ2n) is 5.28. The van der Waals surface area contributed by atoms with Crippen LogP contribution < -0.4 is 14.8 Å². The molecule has 0 aliphatic heterocycles. The standard InChI is InChI=1S/C15H22N2O4S/c1-2-21-13-7-9-14(10-8-13)22(19,20)16-11-15(18)17-12-5-3-4-6-12/h7-10,12,16H,2-6,11H2,1H3,(H,17,18). The van der Waals surface area contributed by atoms with Crippen LogP contribution in [0.1, 0.15) is 32.6 Å². The van der Waals surface area contributed by atoms with Gasteiger partial charge in [0.25, 0.3) is 0 Å². The quantitative estimate of drug-likeness (QED) is 0.794. The summed E-state index contributed by atoms with van der Waals surface area (Å²) >= 11 is 0. The Bertz CT molecular complexity index is 592. The second kappa shape index (κ2) is 7.60. The lowest BCUT2D eigenvalue weighted by molar-refractivity contribution is -0.120. The van der Waals surface area contributed by atoms with Crippen LogP contribution in [0.2, 0.25) is 0 Å². The molecule has 0 aromatic heterocycles. The van der Waals surface area contributed by atoms with Gasteiger partial charge in [0.15, 0.2) is 0 Å². The second-order valence-corrected chi connectivity index (χ2v) is 7.04. The Hall–Kier alpha value is -1.60. The maximum Gasteiger partial charge on any atom is 0.241 e. The molecule has 0 atom stereocenters. The van der Waals surface area contributed by atoms with Gasteiger partial charge in [-0.25, -0.2) is 13.1 Å². The molecule has 2 N–H and O–H groups in total. The van der Waals surface area contributed by atoms with Crippen LogP contribution in [0.3, 0.4) is 0 Å². The number of benzene rings is 1. The van der Waals surface area contributed by atoms with E-state index < -0.39 is 10.0 Å². The first kappa shape index (κ1) is 16.8. The molecule has 7 heteroatoms. The van der Waals surface area contributed by atoms with Crippen LogP contribution in [0, 0.1) is 0 Å². The lowest BCUT2D eigenvalue weighted by Gasteiger charge is -2.12. The molecule has 0 radical (unpaired) electrons. The molecule has 6 nitrogen and oxygen atoms in total. The zero-order valence-electron chi connectivity index (χ0n) is 12.7.